The summed E-state index contributed by atoms with van der Waals surface area (Å²) in [4.78, 5) is 15.0. The van der Waals surface area contributed by atoms with Crippen LogP contribution in [0.25, 0.3) is 10.9 Å². The third-order valence-electron chi connectivity index (χ3n) is 7.68. The normalized spacial score (nSPS) is 18.5. The van der Waals surface area contributed by atoms with Crippen molar-refractivity contribution >= 4 is 26.7 Å². The average Bonchev–Trinajstić information content (AvgIpc) is 2.97. The maximum atomic E-state index is 13.3. The lowest BCUT2D eigenvalue weighted by Gasteiger charge is -2.37. The van der Waals surface area contributed by atoms with Crippen molar-refractivity contribution in [2.45, 2.75) is 56.9 Å². The van der Waals surface area contributed by atoms with Crippen LogP contribution in [0.4, 0.5) is 5.82 Å². The minimum Gasteiger partial charge on any atom is -0.494 e. The molecule has 3 heterocycles. The van der Waals surface area contributed by atoms with Gasteiger partial charge in [0.1, 0.15) is 17.4 Å². The monoisotopic (exact) mass is 537 g/mol. The predicted octanol–water partition coefficient (Wildman–Crippen LogP) is 4.87. The Bertz CT molecular complexity index is 1320. The molecule has 9 heteroatoms. The third kappa shape index (κ3) is 5.80. The number of fused-ring (bicyclic) bond motifs is 1. The Morgan fingerprint density at radius 3 is 2.32 bits per heavy atom. The third-order valence-corrected chi connectivity index (χ3v) is 9.59. The summed E-state index contributed by atoms with van der Waals surface area (Å²) in [6.45, 7) is 9.08. The first kappa shape index (κ1) is 26.8. The van der Waals surface area contributed by atoms with Gasteiger partial charge in [0, 0.05) is 44.7 Å². The number of para-hydroxylation sites is 1. The van der Waals surface area contributed by atoms with Crippen molar-refractivity contribution in [3.05, 3.63) is 54.4 Å². The van der Waals surface area contributed by atoms with Gasteiger partial charge in [-0.1, -0.05) is 25.5 Å². The second-order valence-corrected chi connectivity index (χ2v) is 12.2. The summed E-state index contributed by atoms with van der Waals surface area (Å²) in [5.74, 6) is 2.54. The van der Waals surface area contributed by atoms with E-state index in [9.17, 15) is 8.42 Å². The summed E-state index contributed by atoms with van der Waals surface area (Å²) in [5, 5.41) is 1.10. The highest BCUT2D eigenvalue weighted by Gasteiger charge is 2.31. The molecule has 0 amide bonds. The van der Waals surface area contributed by atoms with Crippen molar-refractivity contribution in [1.29, 1.82) is 0 Å². The smallest absolute Gasteiger partial charge is 0.243 e. The molecule has 3 aromatic rings. The molecular weight excluding hydrogens is 498 g/mol. The van der Waals surface area contributed by atoms with Crippen molar-refractivity contribution in [3.63, 3.8) is 0 Å². The molecule has 0 bridgehead atoms. The van der Waals surface area contributed by atoms with E-state index in [2.05, 4.69) is 41.8 Å². The predicted molar refractivity (Wildman–Crippen MR) is 151 cm³/mol. The molecule has 2 fully saturated rings. The summed E-state index contributed by atoms with van der Waals surface area (Å²) in [6, 6.07) is 15.0. The van der Waals surface area contributed by atoms with Crippen molar-refractivity contribution in [1.82, 2.24) is 19.2 Å². The van der Waals surface area contributed by atoms with Gasteiger partial charge < -0.3 is 9.64 Å². The van der Waals surface area contributed by atoms with E-state index in [1.54, 1.807) is 28.6 Å². The number of piperidine rings is 1. The minimum absolute atomic E-state index is 0.00689. The lowest BCUT2D eigenvalue weighted by Crippen LogP contribution is -2.49. The fourth-order valence-electron chi connectivity index (χ4n) is 5.30. The molecule has 204 valence electrons. The number of hydrogen-bond donors (Lipinski definition) is 0. The molecule has 0 radical (unpaired) electrons. The van der Waals surface area contributed by atoms with Gasteiger partial charge in [0.25, 0.3) is 0 Å². The Morgan fingerprint density at radius 2 is 1.61 bits per heavy atom. The first-order chi connectivity index (χ1) is 18.5. The Morgan fingerprint density at radius 1 is 0.895 bits per heavy atom. The van der Waals surface area contributed by atoms with E-state index in [-0.39, 0.29) is 6.04 Å². The summed E-state index contributed by atoms with van der Waals surface area (Å²) in [7, 11) is -3.55. The van der Waals surface area contributed by atoms with Crippen LogP contribution in [0.2, 0.25) is 0 Å². The Balaban J connectivity index is 1.27. The SMILES string of the molecule is CCCCOc1ccc(S(=O)(=O)N2CCN(C(C)c3nc(N4CCCCC4)c4ccccc4n3)CC2)cc1. The van der Waals surface area contributed by atoms with E-state index in [1.807, 2.05) is 6.07 Å². The van der Waals surface area contributed by atoms with Crippen molar-refractivity contribution in [2.75, 3.05) is 50.8 Å². The highest BCUT2D eigenvalue weighted by molar-refractivity contribution is 7.89. The number of hydrogen-bond acceptors (Lipinski definition) is 7. The molecule has 2 aliphatic heterocycles. The van der Waals surface area contributed by atoms with Crippen LogP contribution in [0.5, 0.6) is 5.75 Å². The van der Waals surface area contributed by atoms with Gasteiger partial charge in [0.05, 0.1) is 23.1 Å². The zero-order valence-corrected chi connectivity index (χ0v) is 23.4. The van der Waals surface area contributed by atoms with Gasteiger partial charge in [-0.05, 0) is 69.0 Å². The van der Waals surface area contributed by atoms with Gasteiger partial charge in [-0.2, -0.15) is 4.31 Å². The second-order valence-electron chi connectivity index (χ2n) is 10.3. The van der Waals surface area contributed by atoms with Gasteiger partial charge in [0.2, 0.25) is 10.0 Å². The molecular formula is C29H39N5O3S. The lowest BCUT2D eigenvalue weighted by atomic mass is 10.1. The second kappa shape index (κ2) is 12.0. The van der Waals surface area contributed by atoms with E-state index in [0.29, 0.717) is 43.4 Å². The van der Waals surface area contributed by atoms with Gasteiger partial charge in [0.15, 0.2) is 0 Å². The molecule has 2 aromatic carbocycles. The van der Waals surface area contributed by atoms with E-state index < -0.39 is 10.0 Å². The molecule has 2 saturated heterocycles. The quantitative estimate of drug-likeness (QED) is 0.361. The van der Waals surface area contributed by atoms with Gasteiger partial charge >= 0.3 is 0 Å². The number of rotatable bonds is 9. The summed E-state index contributed by atoms with van der Waals surface area (Å²) in [6.07, 6.45) is 5.69. The maximum absolute atomic E-state index is 13.3. The van der Waals surface area contributed by atoms with Crippen LogP contribution in [0, 0.1) is 0 Å². The largest absolute Gasteiger partial charge is 0.494 e. The van der Waals surface area contributed by atoms with Crippen LogP contribution in [-0.2, 0) is 10.0 Å². The number of aromatic nitrogens is 2. The van der Waals surface area contributed by atoms with Crippen LogP contribution >= 0.6 is 0 Å². The molecule has 2 aliphatic rings. The number of sulfonamides is 1. The molecule has 1 aromatic heterocycles. The van der Waals surface area contributed by atoms with Crippen LogP contribution < -0.4 is 9.64 Å². The first-order valence-corrected chi connectivity index (χ1v) is 15.4. The first-order valence-electron chi connectivity index (χ1n) is 14.0. The molecule has 38 heavy (non-hydrogen) atoms. The highest BCUT2D eigenvalue weighted by Crippen LogP contribution is 2.30. The zero-order valence-electron chi connectivity index (χ0n) is 22.6. The zero-order chi connectivity index (χ0) is 26.5. The maximum Gasteiger partial charge on any atom is 0.243 e. The minimum atomic E-state index is -3.55. The topological polar surface area (TPSA) is 78.9 Å². The van der Waals surface area contributed by atoms with Crippen LogP contribution in [0.1, 0.15) is 57.8 Å². The number of benzene rings is 2. The molecule has 0 spiro atoms. The number of ether oxygens (including phenoxy) is 1. The molecule has 1 unspecified atom stereocenters. The number of piperazine rings is 1. The van der Waals surface area contributed by atoms with Gasteiger partial charge in [-0.15, -0.1) is 0 Å². The Hall–Kier alpha value is -2.75. The van der Waals surface area contributed by atoms with Crippen LogP contribution in [0.3, 0.4) is 0 Å². The molecule has 5 rings (SSSR count). The standard InChI is InChI=1S/C29H39N5O3S/c1-3-4-22-37-24-12-14-25(15-13-24)38(35,36)34-20-18-32(19-21-34)23(2)28-30-27-11-7-6-10-26(27)29(31-28)33-16-8-5-9-17-33/h6-7,10-15,23H,3-5,8-9,16-22H2,1-2H3. The summed E-state index contributed by atoms with van der Waals surface area (Å²) in [5.41, 5.74) is 0.966. The number of anilines is 1. The molecule has 1 atom stereocenters. The average molecular weight is 538 g/mol. The molecule has 8 nitrogen and oxygen atoms in total. The number of unbranched alkanes of at least 4 members (excludes halogenated alkanes) is 1. The summed E-state index contributed by atoms with van der Waals surface area (Å²) >= 11 is 0. The fraction of sp³-hybridized carbons (Fsp3) is 0.517. The number of nitrogens with zero attached hydrogens (tertiary/aromatic N) is 5. The van der Waals surface area contributed by atoms with Crippen molar-refractivity contribution < 1.29 is 13.2 Å². The molecule has 0 saturated carbocycles. The highest BCUT2D eigenvalue weighted by atomic mass is 32.2. The summed E-state index contributed by atoms with van der Waals surface area (Å²) < 4.78 is 33.9. The molecule has 0 aliphatic carbocycles. The van der Waals surface area contributed by atoms with E-state index in [1.165, 1.54) is 19.3 Å². The van der Waals surface area contributed by atoms with Crippen LogP contribution in [-0.4, -0.2) is 73.5 Å². The lowest BCUT2D eigenvalue weighted by molar-refractivity contribution is 0.141. The van der Waals surface area contributed by atoms with Gasteiger partial charge in [-0.3, -0.25) is 4.90 Å². The Kier molecular flexibility index (Phi) is 8.45. The molecule has 0 N–H and O–H groups in total. The van der Waals surface area contributed by atoms with Gasteiger partial charge in [-0.25, -0.2) is 18.4 Å². The fourth-order valence-corrected chi connectivity index (χ4v) is 6.72. The van der Waals surface area contributed by atoms with Crippen molar-refractivity contribution in [2.24, 2.45) is 0 Å². The van der Waals surface area contributed by atoms with E-state index in [0.717, 1.165) is 48.5 Å². The van der Waals surface area contributed by atoms with E-state index in [4.69, 9.17) is 14.7 Å². The van der Waals surface area contributed by atoms with Crippen molar-refractivity contribution in [3.8, 4) is 5.75 Å². The van der Waals surface area contributed by atoms with E-state index >= 15 is 0 Å². The van der Waals surface area contributed by atoms with Crippen LogP contribution in [0.15, 0.2) is 53.4 Å². The Labute approximate surface area is 226 Å².